The molecule has 2 unspecified atom stereocenters. The summed E-state index contributed by atoms with van der Waals surface area (Å²) in [6.45, 7) is 3.43. The predicted molar refractivity (Wildman–Crippen MR) is 142 cm³/mol. The van der Waals surface area contributed by atoms with Crippen molar-refractivity contribution in [2.45, 2.75) is 38.5 Å². The summed E-state index contributed by atoms with van der Waals surface area (Å²) in [5, 5.41) is 12.2. The maximum atomic E-state index is 12.7. The summed E-state index contributed by atoms with van der Waals surface area (Å²) in [5.74, 6) is 0.534. The first kappa shape index (κ1) is 24.8. The lowest BCUT2D eigenvalue weighted by Gasteiger charge is -2.15. The highest BCUT2D eigenvalue weighted by Gasteiger charge is 2.29. The number of carbonyl (C=O) groups is 1. The number of hydrogen-bond donors (Lipinski definition) is 3. The smallest absolute Gasteiger partial charge is 0.251 e. The molecule has 1 aliphatic rings. The molecule has 7 heteroatoms. The van der Waals surface area contributed by atoms with Crippen LogP contribution in [0.5, 0.6) is 5.75 Å². The van der Waals surface area contributed by atoms with E-state index in [1.807, 2.05) is 42.5 Å². The van der Waals surface area contributed by atoms with Gasteiger partial charge in [0.1, 0.15) is 11.9 Å². The van der Waals surface area contributed by atoms with E-state index in [9.17, 15) is 4.79 Å². The minimum Gasteiger partial charge on any atom is -0.489 e. The van der Waals surface area contributed by atoms with Gasteiger partial charge in [-0.25, -0.2) is 0 Å². The highest BCUT2D eigenvalue weighted by Crippen LogP contribution is 2.25. The average Bonchev–Trinajstić information content (AvgIpc) is 3.22. The minimum atomic E-state index is -0.255. The molecule has 1 saturated heterocycles. The first-order valence-corrected chi connectivity index (χ1v) is 12.2. The van der Waals surface area contributed by atoms with Gasteiger partial charge in [-0.2, -0.15) is 0 Å². The monoisotopic (exact) mass is 490 g/mol. The van der Waals surface area contributed by atoms with E-state index in [0.717, 1.165) is 30.7 Å². The fourth-order valence-electron chi connectivity index (χ4n) is 4.47. The Morgan fingerprint density at radius 1 is 1.14 bits per heavy atom. The topological polar surface area (TPSA) is 91.4 Å². The number of likely N-dealkylation sites (N-methyl/N-ethyl adjacent to an activating group) is 1. The van der Waals surface area contributed by atoms with Crippen molar-refractivity contribution >= 4 is 28.9 Å². The first-order valence-electron chi connectivity index (χ1n) is 11.8. The third-order valence-electron chi connectivity index (χ3n) is 6.55. The van der Waals surface area contributed by atoms with E-state index in [1.54, 1.807) is 24.3 Å². The summed E-state index contributed by atoms with van der Waals surface area (Å²) in [6, 6.07) is 20.4. The lowest BCUT2D eigenvalue weighted by Crippen LogP contribution is -2.25. The summed E-state index contributed by atoms with van der Waals surface area (Å²) < 4.78 is 6.17. The van der Waals surface area contributed by atoms with Gasteiger partial charge in [-0.05, 0) is 67.6 Å². The molecule has 0 saturated carbocycles. The second-order valence-corrected chi connectivity index (χ2v) is 9.36. The summed E-state index contributed by atoms with van der Waals surface area (Å²) in [6.07, 6.45) is 2.31. The Morgan fingerprint density at radius 3 is 2.54 bits per heavy atom. The largest absolute Gasteiger partial charge is 0.489 e. The number of ether oxygens (including phenoxy) is 1. The summed E-state index contributed by atoms with van der Waals surface area (Å²) in [7, 11) is 2.14. The van der Waals surface area contributed by atoms with Crippen LogP contribution in [0.4, 0.5) is 5.69 Å². The zero-order chi connectivity index (χ0) is 24.9. The highest BCUT2D eigenvalue weighted by atomic mass is 35.5. The van der Waals surface area contributed by atoms with Crippen molar-refractivity contribution < 1.29 is 9.53 Å². The fourth-order valence-corrected chi connectivity index (χ4v) is 4.68. The maximum absolute atomic E-state index is 12.7. The average molecular weight is 491 g/mol. The molecule has 6 nitrogen and oxygen atoms in total. The standard InChI is InChI=1S/C28H31ClN4O2/c1-3-21-15-23(17-33(21)2)35-22-11-8-18(9-12-22)27(31)24-14-19(10-13-26(24)30)28(34)32-16-20-6-4-5-7-25(20)29/h4-14,21,23,31H,3,15-17,30H2,1-2H3,(H,32,34). The van der Waals surface area contributed by atoms with E-state index in [-0.39, 0.29) is 17.7 Å². The van der Waals surface area contributed by atoms with E-state index in [4.69, 9.17) is 27.5 Å². The Morgan fingerprint density at radius 2 is 1.86 bits per heavy atom. The van der Waals surface area contributed by atoms with E-state index < -0.39 is 0 Å². The SMILES string of the molecule is CCC1CC(Oc2ccc(C(=N)c3cc(C(=O)NCc4ccccc4Cl)ccc3N)cc2)CN1C. The number of nitrogen functional groups attached to an aromatic ring is 1. The van der Waals surface area contributed by atoms with Gasteiger partial charge < -0.3 is 15.8 Å². The van der Waals surface area contributed by atoms with Gasteiger partial charge in [0.25, 0.3) is 5.91 Å². The van der Waals surface area contributed by atoms with Crippen molar-refractivity contribution in [2.24, 2.45) is 0 Å². The molecule has 1 fully saturated rings. The number of rotatable bonds is 8. The molecular formula is C28H31ClN4O2. The molecule has 1 heterocycles. The van der Waals surface area contributed by atoms with E-state index in [2.05, 4.69) is 24.2 Å². The number of halogens is 1. The van der Waals surface area contributed by atoms with Crippen LogP contribution in [0.25, 0.3) is 0 Å². The quantitative estimate of drug-likeness (QED) is 0.301. The van der Waals surface area contributed by atoms with Gasteiger partial charge in [0.15, 0.2) is 0 Å². The van der Waals surface area contributed by atoms with Crippen LogP contribution < -0.4 is 15.8 Å². The van der Waals surface area contributed by atoms with E-state index >= 15 is 0 Å². The number of amides is 1. The van der Waals surface area contributed by atoms with Crippen molar-refractivity contribution in [2.75, 3.05) is 19.3 Å². The third-order valence-corrected chi connectivity index (χ3v) is 6.92. The molecule has 2 atom stereocenters. The van der Waals surface area contributed by atoms with Crippen LogP contribution in [0.3, 0.4) is 0 Å². The van der Waals surface area contributed by atoms with Crippen molar-refractivity contribution in [3.8, 4) is 5.75 Å². The number of nitrogens with one attached hydrogen (secondary N) is 2. The van der Waals surface area contributed by atoms with Crippen LogP contribution in [-0.2, 0) is 6.54 Å². The van der Waals surface area contributed by atoms with Crippen molar-refractivity contribution in [3.05, 3.63) is 94.0 Å². The second-order valence-electron chi connectivity index (χ2n) is 8.95. The molecule has 1 aliphatic heterocycles. The Bertz CT molecular complexity index is 1210. The second kappa shape index (κ2) is 10.9. The molecule has 182 valence electrons. The minimum absolute atomic E-state index is 0.173. The van der Waals surface area contributed by atoms with Gasteiger partial charge in [-0.3, -0.25) is 15.1 Å². The molecule has 4 rings (SSSR count). The van der Waals surface area contributed by atoms with Gasteiger partial charge in [0, 0.05) is 53.0 Å². The molecule has 0 radical (unpaired) electrons. The predicted octanol–water partition coefficient (Wildman–Crippen LogP) is 5.13. The Labute approximate surface area is 211 Å². The molecule has 1 amide bonds. The molecule has 4 N–H and O–H groups in total. The Balaban J connectivity index is 1.43. The van der Waals surface area contributed by atoms with Crippen LogP contribution in [-0.4, -0.2) is 42.3 Å². The number of benzene rings is 3. The lowest BCUT2D eigenvalue weighted by atomic mass is 9.98. The van der Waals surface area contributed by atoms with Gasteiger partial charge in [0.05, 0.1) is 5.71 Å². The normalized spacial score (nSPS) is 17.8. The zero-order valence-electron chi connectivity index (χ0n) is 20.1. The number of nitrogens with two attached hydrogens (primary N) is 1. The molecule has 3 aromatic rings. The van der Waals surface area contributed by atoms with Crippen molar-refractivity contribution in [1.82, 2.24) is 10.2 Å². The fraction of sp³-hybridized carbons (Fsp3) is 0.286. The van der Waals surface area contributed by atoms with E-state index in [1.165, 1.54) is 0 Å². The lowest BCUT2D eigenvalue weighted by molar-refractivity contribution is 0.0951. The Hall–Kier alpha value is -3.35. The molecule has 3 aromatic carbocycles. The summed E-state index contributed by atoms with van der Waals surface area (Å²) in [4.78, 5) is 15.1. The molecular weight excluding hydrogens is 460 g/mol. The maximum Gasteiger partial charge on any atom is 0.251 e. The van der Waals surface area contributed by atoms with E-state index in [0.29, 0.717) is 40.0 Å². The van der Waals surface area contributed by atoms with Gasteiger partial charge in [-0.15, -0.1) is 0 Å². The first-order chi connectivity index (χ1) is 16.9. The number of hydrogen-bond acceptors (Lipinski definition) is 5. The molecule has 0 spiro atoms. The van der Waals surface area contributed by atoms with Gasteiger partial charge in [-0.1, -0.05) is 36.7 Å². The zero-order valence-corrected chi connectivity index (χ0v) is 20.8. The van der Waals surface area contributed by atoms with Crippen LogP contribution in [0.2, 0.25) is 5.02 Å². The van der Waals surface area contributed by atoms with Crippen LogP contribution >= 0.6 is 11.6 Å². The number of nitrogens with zero attached hydrogens (tertiary/aromatic N) is 1. The number of likely N-dealkylation sites (tertiary alicyclic amines) is 1. The third kappa shape index (κ3) is 5.84. The van der Waals surface area contributed by atoms with Crippen LogP contribution in [0, 0.1) is 5.41 Å². The van der Waals surface area contributed by atoms with Crippen LogP contribution in [0.1, 0.15) is 46.8 Å². The number of carbonyl (C=O) groups excluding carboxylic acids is 1. The molecule has 0 aromatic heterocycles. The highest BCUT2D eigenvalue weighted by molar-refractivity contribution is 6.31. The van der Waals surface area contributed by atoms with Gasteiger partial charge in [0.2, 0.25) is 0 Å². The van der Waals surface area contributed by atoms with Gasteiger partial charge >= 0.3 is 0 Å². The Kier molecular flexibility index (Phi) is 7.73. The molecule has 0 bridgehead atoms. The van der Waals surface area contributed by atoms with Crippen molar-refractivity contribution in [3.63, 3.8) is 0 Å². The molecule has 35 heavy (non-hydrogen) atoms. The summed E-state index contributed by atoms with van der Waals surface area (Å²) >= 11 is 6.18. The molecule has 0 aliphatic carbocycles. The summed E-state index contributed by atoms with van der Waals surface area (Å²) in [5.41, 5.74) is 9.34. The number of anilines is 1. The van der Waals surface area contributed by atoms with Crippen molar-refractivity contribution in [1.29, 1.82) is 5.41 Å². The van der Waals surface area contributed by atoms with Crippen LogP contribution in [0.15, 0.2) is 66.7 Å².